The summed E-state index contributed by atoms with van der Waals surface area (Å²) in [5.74, 6) is 4.00. The largest absolute Gasteiger partial charge is 0.392 e. The molecule has 190 valence electrons. The molecule has 2 fully saturated rings. The van der Waals surface area contributed by atoms with Gasteiger partial charge in [-0.3, -0.25) is 4.57 Å². The molecular formula is C26H34N8O2. The van der Waals surface area contributed by atoms with Gasteiger partial charge in [-0.2, -0.15) is 9.97 Å². The number of β-amino-alcohol motifs (C(OH)–C–C–N with tert-alkyl or cyclic N) is 1. The Bertz CT molecular complexity index is 1380. The second-order valence-electron chi connectivity index (χ2n) is 10.0. The first-order valence-corrected chi connectivity index (χ1v) is 12.9. The molecular weight excluding hydrogens is 456 g/mol. The van der Waals surface area contributed by atoms with Crippen LogP contribution < -0.4 is 4.90 Å². The van der Waals surface area contributed by atoms with Gasteiger partial charge in [-0.1, -0.05) is 19.1 Å². The number of rotatable bonds is 7. The Morgan fingerprint density at radius 2 is 1.83 bits per heavy atom. The number of ether oxygens (including phenoxy) is 1. The van der Waals surface area contributed by atoms with Crippen molar-refractivity contribution in [2.45, 2.75) is 32.8 Å². The number of hydrogen-bond donors (Lipinski definition) is 1. The summed E-state index contributed by atoms with van der Waals surface area (Å²) < 4.78 is 9.84. The van der Waals surface area contributed by atoms with Gasteiger partial charge in [0, 0.05) is 52.6 Å². The summed E-state index contributed by atoms with van der Waals surface area (Å²) in [6.07, 6.45) is 1.37. The smallest absolute Gasteiger partial charge is 0.239 e. The van der Waals surface area contributed by atoms with Crippen molar-refractivity contribution < 1.29 is 9.84 Å². The van der Waals surface area contributed by atoms with E-state index in [1.807, 2.05) is 25.1 Å². The minimum Gasteiger partial charge on any atom is -0.392 e. The molecule has 6 rings (SSSR count). The molecule has 0 amide bonds. The van der Waals surface area contributed by atoms with Crippen LogP contribution in [0.1, 0.15) is 25.5 Å². The van der Waals surface area contributed by atoms with Crippen molar-refractivity contribution in [1.29, 1.82) is 0 Å². The zero-order chi connectivity index (χ0) is 24.8. The number of likely N-dealkylation sites (tertiary alicyclic amines) is 1. The van der Waals surface area contributed by atoms with Crippen molar-refractivity contribution in [2.24, 2.45) is 13.0 Å². The van der Waals surface area contributed by atoms with Crippen molar-refractivity contribution in [3.8, 4) is 5.95 Å². The monoisotopic (exact) mass is 490 g/mol. The maximum Gasteiger partial charge on any atom is 0.239 e. The van der Waals surface area contributed by atoms with Crippen molar-refractivity contribution in [1.82, 2.24) is 34.0 Å². The molecule has 1 aromatic carbocycles. The number of hydrogen-bond acceptors (Lipinski definition) is 8. The highest BCUT2D eigenvalue weighted by molar-refractivity contribution is 5.86. The second-order valence-corrected chi connectivity index (χ2v) is 10.0. The van der Waals surface area contributed by atoms with E-state index in [9.17, 15) is 5.11 Å². The fraction of sp³-hybridized carbons (Fsp3) is 0.538. The lowest BCUT2D eigenvalue weighted by Crippen LogP contribution is -2.50. The van der Waals surface area contributed by atoms with Gasteiger partial charge in [0.15, 0.2) is 17.0 Å². The second kappa shape index (κ2) is 9.42. The van der Waals surface area contributed by atoms with Crippen LogP contribution >= 0.6 is 0 Å². The van der Waals surface area contributed by atoms with Crippen LogP contribution in [-0.2, 0) is 24.6 Å². The topological polar surface area (TPSA) is 97.4 Å². The highest BCUT2D eigenvalue weighted by Crippen LogP contribution is 2.30. The van der Waals surface area contributed by atoms with Gasteiger partial charge in [0.1, 0.15) is 11.6 Å². The van der Waals surface area contributed by atoms with Crippen LogP contribution in [-0.4, -0.2) is 91.1 Å². The Morgan fingerprint density at radius 1 is 1.06 bits per heavy atom. The number of aromatic nitrogens is 6. The normalized spacial score (nSPS) is 18.3. The maximum absolute atomic E-state index is 9.67. The van der Waals surface area contributed by atoms with Crippen molar-refractivity contribution >= 4 is 28.0 Å². The molecule has 0 bridgehead atoms. The Labute approximate surface area is 210 Å². The van der Waals surface area contributed by atoms with Crippen molar-refractivity contribution in [3.63, 3.8) is 0 Å². The lowest BCUT2D eigenvalue weighted by atomic mass is 9.95. The van der Waals surface area contributed by atoms with E-state index >= 15 is 0 Å². The first-order chi connectivity index (χ1) is 17.5. The highest BCUT2D eigenvalue weighted by atomic mass is 16.5. The molecule has 36 heavy (non-hydrogen) atoms. The van der Waals surface area contributed by atoms with Crippen LogP contribution in [0.15, 0.2) is 24.3 Å². The fourth-order valence-electron chi connectivity index (χ4n) is 5.48. The summed E-state index contributed by atoms with van der Waals surface area (Å²) in [7, 11) is 2.06. The summed E-state index contributed by atoms with van der Waals surface area (Å²) in [5, 5.41) is 9.67. The molecule has 4 aromatic rings. The van der Waals surface area contributed by atoms with Crippen LogP contribution in [0.25, 0.3) is 28.1 Å². The van der Waals surface area contributed by atoms with E-state index in [1.165, 1.54) is 0 Å². The third-order valence-electron chi connectivity index (χ3n) is 7.26. The van der Waals surface area contributed by atoms with E-state index in [1.54, 1.807) is 0 Å². The van der Waals surface area contributed by atoms with E-state index in [0.717, 1.165) is 85.2 Å². The van der Waals surface area contributed by atoms with Crippen molar-refractivity contribution in [2.75, 3.05) is 50.8 Å². The van der Waals surface area contributed by atoms with Crippen LogP contribution in [0.2, 0.25) is 0 Å². The maximum atomic E-state index is 9.67. The number of benzene rings is 1. The molecule has 0 unspecified atom stereocenters. The van der Waals surface area contributed by atoms with Crippen LogP contribution in [0.4, 0.5) is 5.82 Å². The van der Waals surface area contributed by atoms with Gasteiger partial charge in [-0.15, -0.1) is 0 Å². The highest BCUT2D eigenvalue weighted by Gasteiger charge is 2.30. The molecule has 2 aliphatic rings. The fourth-order valence-corrected chi connectivity index (χ4v) is 5.48. The number of para-hydroxylation sites is 2. The molecule has 0 aliphatic carbocycles. The lowest BCUT2D eigenvalue weighted by Gasteiger charge is -2.39. The molecule has 10 nitrogen and oxygen atoms in total. The molecule has 2 aliphatic heterocycles. The van der Waals surface area contributed by atoms with Crippen LogP contribution in [0.5, 0.6) is 0 Å². The lowest BCUT2D eigenvalue weighted by molar-refractivity contribution is 0.0466. The number of nitrogens with zero attached hydrogens (tertiary/aromatic N) is 8. The van der Waals surface area contributed by atoms with Gasteiger partial charge in [0.05, 0.1) is 30.4 Å². The zero-order valence-electron chi connectivity index (χ0n) is 21.3. The Morgan fingerprint density at radius 3 is 2.58 bits per heavy atom. The molecule has 2 saturated heterocycles. The quantitative estimate of drug-likeness (QED) is 0.420. The molecule has 0 saturated carbocycles. The van der Waals surface area contributed by atoms with E-state index in [0.29, 0.717) is 25.1 Å². The van der Waals surface area contributed by atoms with Crippen LogP contribution in [0.3, 0.4) is 0 Å². The number of anilines is 1. The molecule has 0 radical (unpaired) electrons. The van der Waals surface area contributed by atoms with Gasteiger partial charge in [0.2, 0.25) is 5.95 Å². The number of imidazole rings is 2. The standard InChI is InChI=1S/C26H34N8O2/c1-4-21-27-19-7-5-6-8-20(19)34(21)26-29-24-23(25(30-26)33-9-11-36-12-10-33)28-22(31(24)3)13-18-15-32(16-18)14-17(2)35/h5-8,17-18,35H,4,9-16H2,1-3H3/t17-/m0/s1. The Hall–Kier alpha value is -3.08. The average Bonchev–Trinajstić information content (AvgIpc) is 3.40. The third-order valence-corrected chi connectivity index (χ3v) is 7.26. The molecule has 3 aromatic heterocycles. The minimum atomic E-state index is -0.293. The number of aliphatic hydroxyl groups is 1. The number of morpholine rings is 1. The summed E-state index contributed by atoms with van der Waals surface area (Å²) in [6, 6.07) is 8.16. The number of aliphatic hydroxyl groups excluding tert-OH is 1. The van der Waals surface area contributed by atoms with Gasteiger partial charge < -0.3 is 24.2 Å². The van der Waals surface area contributed by atoms with E-state index in [-0.39, 0.29) is 6.10 Å². The van der Waals surface area contributed by atoms with E-state index in [4.69, 9.17) is 24.7 Å². The van der Waals surface area contributed by atoms with Gasteiger partial charge in [-0.05, 0) is 25.0 Å². The van der Waals surface area contributed by atoms with Gasteiger partial charge in [-0.25, -0.2) is 9.97 Å². The Balaban J connectivity index is 1.43. The van der Waals surface area contributed by atoms with Gasteiger partial charge in [0.25, 0.3) is 0 Å². The Kier molecular flexibility index (Phi) is 6.10. The molecule has 1 N–H and O–H groups in total. The third kappa shape index (κ3) is 4.12. The van der Waals surface area contributed by atoms with Crippen LogP contribution in [0, 0.1) is 5.92 Å². The average molecular weight is 491 g/mol. The predicted octanol–water partition coefficient (Wildman–Crippen LogP) is 1.96. The molecule has 10 heteroatoms. The van der Waals surface area contributed by atoms with E-state index in [2.05, 4.69) is 39.0 Å². The van der Waals surface area contributed by atoms with Gasteiger partial charge >= 0.3 is 0 Å². The zero-order valence-corrected chi connectivity index (χ0v) is 21.3. The SMILES string of the molecule is CCc1nc2ccccc2n1-c1nc(N2CCOCC2)c2nc(CC3CN(C[C@H](C)O)C3)n(C)c2n1. The van der Waals surface area contributed by atoms with Crippen molar-refractivity contribution in [3.05, 3.63) is 35.9 Å². The first-order valence-electron chi connectivity index (χ1n) is 12.9. The molecule has 0 spiro atoms. The number of fused-ring (bicyclic) bond motifs is 2. The molecule has 1 atom stereocenters. The minimum absolute atomic E-state index is 0.293. The summed E-state index contributed by atoms with van der Waals surface area (Å²) in [5.41, 5.74) is 3.65. The summed E-state index contributed by atoms with van der Waals surface area (Å²) in [6.45, 7) is 9.57. The predicted molar refractivity (Wildman–Crippen MR) is 139 cm³/mol. The summed E-state index contributed by atoms with van der Waals surface area (Å²) >= 11 is 0. The van der Waals surface area contributed by atoms with E-state index < -0.39 is 0 Å². The first kappa shape index (κ1) is 23.3. The summed E-state index contributed by atoms with van der Waals surface area (Å²) in [4.78, 5) is 24.7. The number of aryl methyl sites for hydroxylation is 2. The molecule has 5 heterocycles.